The molecule has 0 N–H and O–H groups in total. The molecule has 0 spiro atoms. The van der Waals surface area contributed by atoms with Crippen molar-refractivity contribution in [1.82, 2.24) is 9.80 Å². The molecule has 1 unspecified atom stereocenters. The Morgan fingerprint density at radius 1 is 1.21 bits per heavy atom. The maximum absolute atomic E-state index is 11.2. The molecule has 1 saturated carbocycles. The van der Waals surface area contributed by atoms with E-state index >= 15 is 0 Å². The van der Waals surface area contributed by atoms with E-state index in [9.17, 15) is 4.79 Å². The zero-order valence-corrected chi connectivity index (χ0v) is 9.20. The first-order valence-corrected chi connectivity index (χ1v) is 5.67. The largest absolute Gasteiger partial charge is 0.298 e. The van der Waals surface area contributed by atoms with Gasteiger partial charge in [0.05, 0.1) is 6.04 Å². The molecule has 2 fully saturated rings. The zero-order chi connectivity index (χ0) is 10.1. The lowest BCUT2D eigenvalue weighted by molar-refractivity contribution is -0.122. The summed E-state index contributed by atoms with van der Waals surface area (Å²) in [5, 5.41) is 0. The first kappa shape index (κ1) is 10.1. The molecular formula is C11H20N2O. The van der Waals surface area contributed by atoms with Gasteiger partial charge < -0.3 is 0 Å². The van der Waals surface area contributed by atoms with E-state index in [0.717, 1.165) is 32.2 Å². The van der Waals surface area contributed by atoms with E-state index in [4.69, 9.17) is 0 Å². The van der Waals surface area contributed by atoms with E-state index in [0.29, 0.717) is 5.78 Å². The highest BCUT2D eigenvalue weighted by atomic mass is 16.1. The van der Waals surface area contributed by atoms with Crippen molar-refractivity contribution >= 4 is 5.78 Å². The van der Waals surface area contributed by atoms with Crippen LogP contribution < -0.4 is 0 Å². The number of hydrogen-bond donors (Lipinski definition) is 0. The summed E-state index contributed by atoms with van der Waals surface area (Å²) in [4.78, 5) is 16.1. The topological polar surface area (TPSA) is 23.6 Å². The highest BCUT2D eigenvalue weighted by Gasteiger charge is 2.32. The fourth-order valence-electron chi connectivity index (χ4n) is 2.19. The SMILES string of the molecule is CC(=O)C(C)N1CCN(C2CC2)CC1. The van der Waals surface area contributed by atoms with E-state index in [2.05, 4.69) is 9.80 Å². The molecule has 0 amide bonds. The molecule has 1 saturated heterocycles. The minimum absolute atomic E-state index is 0.122. The average molecular weight is 196 g/mol. The number of rotatable bonds is 3. The molecule has 0 radical (unpaired) electrons. The van der Waals surface area contributed by atoms with Gasteiger partial charge in [0.15, 0.2) is 0 Å². The van der Waals surface area contributed by atoms with Crippen molar-refractivity contribution < 1.29 is 4.79 Å². The molecule has 0 aromatic heterocycles. The number of piperazine rings is 1. The van der Waals surface area contributed by atoms with Crippen LogP contribution in [0, 0.1) is 0 Å². The smallest absolute Gasteiger partial charge is 0.146 e. The summed E-state index contributed by atoms with van der Waals surface area (Å²) in [5.74, 6) is 0.296. The van der Waals surface area contributed by atoms with E-state index in [1.54, 1.807) is 6.92 Å². The summed E-state index contributed by atoms with van der Waals surface area (Å²) in [6.45, 7) is 8.16. The maximum atomic E-state index is 11.2. The summed E-state index contributed by atoms with van der Waals surface area (Å²) >= 11 is 0. The van der Waals surface area contributed by atoms with Crippen molar-refractivity contribution in [2.75, 3.05) is 26.2 Å². The molecule has 1 aliphatic carbocycles. The molecule has 14 heavy (non-hydrogen) atoms. The minimum atomic E-state index is 0.122. The van der Waals surface area contributed by atoms with E-state index in [1.807, 2.05) is 6.92 Å². The Hall–Kier alpha value is -0.410. The second-order valence-corrected chi connectivity index (χ2v) is 4.59. The Morgan fingerprint density at radius 3 is 2.21 bits per heavy atom. The van der Waals surface area contributed by atoms with Crippen molar-refractivity contribution in [2.45, 2.75) is 38.8 Å². The first-order chi connectivity index (χ1) is 6.68. The average Bonchev–Trinajstić information content (AvgIpc) is 3.00. The number of hydrogen-bond acceptors (Lipinski definition) is 3. The third kappa shape index (κ3) is 2.15. The zero-order valence-electron chi connectivity index (χ0n) is 9.20. The quantitative estimate of drug-likeness (QED) is 0.665. The van der Waals surface area contributed by atoms with Gasteiger partial charge in [-0.2, -0.15) is 0 Å². The summed E-state index contributed by atoms with van der Waals surface area (Å²) in [6, 6.07) is 1.00. The summed E-state index contributed by atoms with van der Waals surface area (Å²) in [7, 11) is 0. The van der Waals surface area contributed by atoms with Crippen LogP contribution in [-0.4, -0.2) is 53.8 Å². The van der Waals surface area contributed by atoms with Crippen molar-refractivity contribution in [1.29, 1.82) is 0 Å². The fourth-order valence-corrected chi connectivity index (χ4v) is 2.19. The molecule has 1 heterocycles. The molecular weight excluding hydrogens is 176 g/mol. The molecule has 2 rings (SSSR count). The van der Waals surface area contributed by atoms with Gasteiger partial charge in [0, 0.05) is 32.2 Å². The first-order valence-electron chi connectivity index (χ1n) is 5.67. The van der Waals surface area contributed by atoms with Gasteiger partial charge >= 0.3 is 0 Å². The van der Waals surface area contributed by atoms with E-state index < -0.39 is 0 Å². The Bertz CT molecular complexity index is 217. The van der Waals surface area contributed by atoms with Crippen LogP contribution in [0.3, 0.4) is 0 Å². The number of carbonyl (C=O) groups excluding carboxylic acids is 1. The van der Waals surface area contributed by atoms with E-state index in [1.165, 1.54) is 12.8 Å². The highest BCUT2D eigenvalue weighted by molar-refractivity contribution is 5.80. The van der Waals surface area contributed by atoms with Gasteiger partial charge in [-0.1, -0.05) is 0 Å². The van der Waals surface area contributed by atoms with E-state index in [-0.39, 0.29) is 6.04 Å². The van der Waals surface area contributed by atoms with Crippen LogP contribution in [0.2, 0.25) is 0 Å². The molecule has 80 valence electrons. The van der Waals surface area contributed by atoms with Gasteiger partial charge in [-0.15, -0.1) is 0 Å². The molecule has 0 bridgehead atoms. The summed E-state index contributed by atoms with van der Waals surface area (Å²) < 4.78 is 0. The highest BCUT2D eigenvalue weighted by Crippen LogP contribution is 2.27. The standard InChI is InChI=1S/C11H20N2O/c1-9(10(2)14)12-5-7-13(8-6-12)11-3-4-11/h9,11H,3-8H2,1-2H3. The fraction of sp³-hybridized carbons (Fsp3) is 0.909. The number of Topliss-reactive ketones (excluding diaryl/α,β-unsaturated/α-hetero) is 1. The van der Waals surface area contributed by atoms with Crippen molar-refractivity contribution in [3.8, 4) is 0 Å². The van der Waals surface area contributed by atoms with Crippen molar-refractivity contribution in [3.05, 3.63) is 0 Å². The van der Waals surface area contributed by atoms with Crippen molar-refractivity contribution in [3.63, 3.8) is 0 Å². The number of ketones is 1. The summed E-state index contributed by atoms with van der Waals surface area (Å²) in [5.41, 5.74) is 0. The number of carbonyl (C=O) groups is 1. The van der Waals surface area contributed by atoms with Gasteiger partial charge in [-0.05, 0) is 26.7 Å². The van der Waals surface area contributed by atoms with Gasteiger partial charge in [0.25, 0.3) is 0 Å². The molecule has 1 atom stereocenters. The molecule has 1 aliphatic heterocycles. The Balaban J connectivity index is 1.79. The molecule has 0 aromatic carbocycles. The van der Waals surface area contributed by atoms with Crippen LogP contribution in [0.25, 0.3) is 0 Å². The maximum Gasteiger partial charge on any atom is 0.146 e. The molecule has 0 aromatic rings. The minimum Gasteiger partial charge on any atom is -0.298 e. The van der Waals surface area contributed by atoms with Crippen LogP contribution in [0.1, 0.15) is 26.7 Å². The second kappa shape index (κ2) is 3.99. The van der Waals surface area contributed by atoms with Gasteiger partial charge in [-0.3, -0.25) is 14.6 Å². The van der Waals surface area contributed by atoms with Crippen LogP contribution >= 0.6 is 0 Å². The predicted molar refractivity (Wildman–Crippen MR) is 56.3 cm³/mol. The van der Waals surface area contributed by atoms with Gasteiger partial charge in [-0.25, -0.2) is 0 Å². The predicted octanol–water partition coefficient (Wildman–Crippen LogP) is 0.744. The van der Waals surface area contributed by atoms with Gasteiger partial charge in [0.2, 0.25) is 0 Å². The molecule has 2 aliphatic rings. The lowest BCUT2D eigenvalue weighted by Gasteiger charge is -2.37. The van der Waals surface area contributed by atoms with Crippen molar-refractivity contribution in [2.24, 2.45) is 0 Å². The third-order valence-corrected chi connectivity index (χ3v) is 3.55. The van der Waals surface area contributed by atoms with Crippen LogP contribution in [0.4, 0.5) is 0 Å². The monoisotopic (exact) mass is 196 g/mol. The Kier molecular flexibility index (Phi) is 2.88. The lowest BCUT2D eigenvalue weighted by Crippen LogP contribution is -2.51. The van der Waals surface area contributed by atoms with Crippen LogP contribution in [0.5, 0.6) is 0 Å². The third-order valence-electron chi connectivity index (χ3n) is 3.55. The van der Waals surface area contributed by atoms with Crippen LogP contribution in [0.15, 0.2) is 0 Å². The van der Waals surface area contributed by atoms with Gasteiger partial charge in [0.1, 0.15) is 5.78 Å². The van der Waals surface area contributed by atoms with Crippen LogP contribution in [-0.2, 0) is 4.79 Å². The lowest BCUT2D eigenvalue weighted by atomic mass is 10.1. The molecule has 3 nitrogen and oxygen atoms in total. The second-order valence-electron chi connectivity index (χ2n) is 4.59. The summed E-state index contributed by atoms with van der Waals surface area (Å²) in [6.07, 6.45) is 2.78. The normalized spacial score (nSPS) is 27.6. The number of nitrogens with zero attached hydrogens (tertiary/aromatic N) is 2. The Morgan fingerprint density at radius 2 is 1.79 bits per heavy atom. The Labute approximate surface area is 86.1 Å². The molecule has 3 heteroatoms.